The second-order valence-electron chi connectivity index (χ2n) is 11.9. The van der Waals surface area contributed by atoms with Gasteiger partial charge in [-0.15, -0.1) is 0 Å². The second-order valence-corrected chi connectivity index (χ2v) is 12.8. The van der Waals surface area contributed by atoms with Crippen LogP contribution in [0.2, 0.25) is 10.0 Å². The van der Waals surface area contributed by atoms with Crippen molar-refractivity contribution in [1.29, 1.82) is 0 Å². The van der Waals surface area contributed by atoms with Crippen molar-refractivity contribution in [2.45, 2.75) is 6.92 Å². The Bertz CT molecular complexity index is 2620. The number of benzene rings is 6. The number of aryl methyl sites for hydroxylation is 1. The van der Waals surface area contributed by atoms with E-state index in [2.05, 4.69) is 60.0 Å². The van der Waals surface area contributed by atoms with Crippen LogP contribution in [0.15, 0.2) is 142 Å². The van der Waals surface area contributed by atoms with E-state index in [0.29, 0.717) is 5.02 Å². The summed E-state index contributed by atoms with van der Waals surface area (Å²) >= 11 is 12.4. The molecule has 0 spiro atoms. The van der Waals surface area contributed by atoms with E-state index in [1.54, 1.807) is 6.07 Å². The van der Waals surface area contributed by atoms with Gasteiger partial charge in [0, 0.05) is 37.7 Å². The molecule has 10 rings (SSSR count). The molecule has 0 amide bonds. The molecule has 0 unspecified atom stereocenters. The second kappa shape index (κ2) is 11.0. The van der Waals surface area contributed by atoms with Crippen molar-refractivity contribution in [2.75, 3.05) is 0 Å². The molecule has 0 fully saturated rings. The van der Waals surface area contributed by atoms with Crippen molar-refractivity contribution in [3.8, 4) is 17.1 Å². The third kappa shape index (κ3) is 4.47. The van der Waals surface area contributed by atoms with Crippen LogP contribution in [0, 0.1) is 6.92 Å². The highest BCUT2D eigenvalue weighted by molar-refractivity contribution is 6.31. The summed E-state index contributed by atoms with van der Waals surface area (Å²) in [6.07, 6.45) is 0. The summed E-state index contributed by atoms with van der Waals surface area (Å²) in [5.74, 6) is 0.125. The fraction of sp³-hybridized carbons (Fsp3) is 0.0244. The van der Waals surface area contributed by atoms with E-state index in [4.69, 9.17) is 32.0 Å². The van der Waals surface area contributed by atoms with Gasteiger partial charge in [0.25, 0.3) is 0 Å². The lowest BCUT2D eigenvalue weighted by Crippen LogP contribution is -1.93. The Labute approximate surface area is 284 Å². The largest absolute Gasteiger partial charge is 0.508 e. The summed E-state index contributed by atoms with van der Waals surface area (Å²) in [4.78, 5) is 0. The van der Waals surface area contributed by atoms with Crippen LogP contribution in [-0.2, 0) is 0 Å². The first-order chi connectivity index (χ1) is 23.4. The van der Waals surface area contributed by atoms with E-state index in [0.717, 1.165) is 82.5 Å². The van der Waals surface area contributed by atoms with Gasteiger partial charge >= 0.3 is 0 Å². The Morgan fingerprint density at radius 1 is 0.500 bits per heavy atom. The van der Waals surface area contributed by atoms with Crippen LogP contribution in [-0.4, -0.2) is 14.2 Å². The third-order valence-corrected chi connectivity index (χ3v) is 9.24. The summed E-state index contributed by atoms with van der Waals surface area (Å²) in [5.41, 5.74) is 8.40. The van der Waals surface area contributed by atoms with Crippen molar-refractivity contribution in [1.82, 2.24) is 9.13 Å². The molecule has 232 valence electrons. The highest BCUT2D eigenvalue weighted by Crippen LogP contribution is 2.41. The zero-order chi connectivity index (χ0) is 32.5. The molecule has 4 heterocycles. The van der Waals surface area contributed by atoms with Gasteiger partial charge in [-0.25, -0.2) is 0 Å². The first kappa shape index (κ1) is 28.6. The topological polar surface area (TPSA) is 56.4 Å². The number of para-hydroxylation sites is 4. The maximum Gasteiger partial charge on any atom is 0.213 e. The van der Waals surface area contributed by atoms with Crippen LogP contribution >= 0.6 is 23.2 Å². The van der Waals surface area contributed by atoms with Crippen LogP contribution in [0.5, 0.6) is 5.75 Å². The van der Waals surface area contributed by atoms with Crippen LogP contribution in [0.3, 0.4) is 0 Å². The molecular weight excluding hydrogens is 639 g/mol. The Morgan fingerprint density at radius 3 is 1.44 bits per heavy atom. The standard InChI is InChI=1S/C21H14ClNO.C20H12ClNO2/c1-13-10-14(22)12-15(11-13)23-18-8-4-2-6-16(18)20-17-7-3-5-9-19(17)24-21(20)23;21-12-9-13(11-14(23)10-12)22-17-7-3-1-5-15(17)19-16-6-2-4-8-18(16)24-20(19)22/h2-12H,1H3;1-11,23H. The highest BCUT2D eigenvalue weighted by atomic mass is 35.5. The number of fused-ring (bicyclic) bond motifs is 10. The number of phenols is 1. The number of aromatic hydroxyl groups is 1. The van der Waals surface area contributed by atoms with Crippen molar-refractivity contribution in [3.63, 3.8) is 0 Å². The molecule has 10 aromatic rings. The summed E-state index contributed by atoms with van der Waals surface area (Å²) < 4.78 is 16.5. The lowest BCUT2D eigenvalue weighted by atomic mass is 10.1. The number of hydrogen-bond donors (Lipinski definition) is 1. The quantitative estimate of drug-likeness (QED) is 0.200. The average molecular weight is 666 g/mol. The number of aromatic nitrogens is 2. The van der Waals surface area contributed by atoms with E-state index in [-0.39, 0.29) is 5.75 Å². The van der Waals surface area contributed by atoms with Crippen LogP contribution in [0.4, 0.5) is 0 Å². The minimum absolute atomic E-state index is 0.125. The fourth-order valence-corrected chi connectivity index (χ4v) is 7.43. The first-order valence-corrected chi connectivity index (χ1v) is 16.3. The fourth-order valence-electron chi connectivity index (χ4n) is 6.93. The lowest BCUT2D eigenvalue weighted by Gasteiger charge is -2.08. The van der Waals surface area contributed by atoms with E-state index in [1.165, 1.54) is 11.5 Å². The molecule has 0 aliphatic heterocycles. The molecule has 0 saturated carbocycles. The first-order valence-electron chi connectivity index (χ1n) is 15.5. The minimum Gasteiger partial charge on any atom is -0.508 e. The molecule has 7 heteroatoms. The van der Waals surface area contributed by atoms with Gasteiger partial charge in [0.1, 0.15) is 16.9 Å². The Morgan fingerprint density at radius 2 is 0.938 bits per heavy atom. The Kier molecular flexibility index (Phi) is 6.54. The predicted molar refractivity (Wildman–Crippen MR) is 198 cm³/mol. The van der Waals surface area contributed by atoms with Gasteiger partial charge in [-0.2, -0.15) is 0 Å². The van der Waals surface area contributed by atoms with Gasteiger partial charge in [-0.3, -0.25) is 9.13 Å². The normalized spacial score (nSPS) is 11.7. The molecule has 0 radical (unpaired) electrons. The maximum absolute atomic E-state index is 9.95. The van der Waals surface area contributed by atoms with E-state index < -0.39 is 0 Å². The summed E-state index contributed by atoms with van der Waals surface area (Å²) in [7, 11) is 0. The van der Waals surface area contributed by atoms with Crippen LogP contribution in [0.25, 0.3) is 77.3 Å². The predicted octanol–water partition coefficient (Wildman–Crippen LogP) is 12.4. The number of phenolic OH excluding ortho intramolecular Hbond substituents is 1. The van der Waals surface area contributed by atoms with E-state index in [1.807, 2.05) is 77.4 Å². The van der Waals surface area contributed by atoms with Crippen molar-refractivity contribution < 1.29 is 13.9 Å². The number of hydrogen-bond acceptors (Lipinski definition) is 3. The zero-order valence-corrected chi connectivity index (χ0v) is 27.1. The van der Waals surface area contributed by atoms with E-state index in [9.17, 15) is 5.11 Å². The third-order valence-electron chi connectivity index (χ3n) is 8.80. The lowest BCUT2D eigenvalue weighted by molar-refractivity contribution is 0.475. The molecular formula is C41H26Cl2N2O3. The number of halogens is 2. The van der Waals surface area contributed by atoms with Crippen LogP contribution < -0.4 is 0 Å². The number of nitrogens with zero attached hydrogens (tertiary/aromatic N) is 2. The molecule has 0 aliphatic rings. The molecule has 0 atom stereocenters. The Hall–Kier alpha value is -5.62. The average Bonchev–Trinajstić information content (AvgIpc) is 3.80. The molecule has 5 nitrogen and oxygen atoms in total. The van der Waals surface area contributed by atoms with Gasteiger partial charge in [0.05, 0.1) is 33.2 Å². The minimum atomic E-state index is 0.125. The number of furan rings is 2. The molecule has 48 heavy (non-hydrogen) atoms. The van der Waals surface area contributed by atoms with Gasteiger partial charge in [0.15, 0.2) is 0 Å². The Balaban J connectivity index is 0.000000131. The zero-order valence-electron chi connectivity index (χ0n) is 25.6. The summed E-state index contributed by atoms with van der Waals surface area (Å²) in [5, 5.41) is 17.9. The smallest absolute Gasteiger partial charge is 0.213 e. The highest BCUT2D eigenvalue weighted by Gasteiger charge is 2.20. The molecule has 0 aliphatic carbocycles. The maximum atomic E-state index is 9.95. The van der Waals surface area contributed by atoms with Gasteiger partial charge in [-0.1, -0.05) is 96.0 Å². The SMILES string of the molecule is Cc1cc(Cl)cc(-n2c3ccccc3c3c4ccccc4oc32)c1.Oc1cc(Cl)cc(-n2c3ccccc3c3c4ccccc4oc32)c1. The molecule has 0 saturated heterocycles. The van der Waals surface area contributed by atoms with Crippen molar-refractivity contribution in [3.05, 3.63) is 149 Å². The number of rotatable bonds is 2. The van der Waals surface area contributed by atoms with Gasteiger partial charge in [0.2, 0.25) is 11.4 Å². The molecule has 1 N–H and O–H groups in total. The summed E-state index contributed by atoms with van der Waals surface area (Å²) in [6.45, 7) is 2.05. The molecule has 6 aromatic carbocycles. The van der Waals surface area contributed by atoms with Crippen molar-refractivity contribution >= 4 is 89.1 Å². The monoisotopic (exact) mass is 664 g/mol. The molecule has 4 aromatic heterocycles. The summed E-state index contributed by atoms with van der Waals surface area (Å²) in [6, 6.07) is 43.8. The van der Waals surface area contributed by atoms with Gasteiger partial charge in [-0.05, 0) is 67.1 Å². The molecule has 0 bridgehead atoms. The van der Waals surface area contributed by atoms with Crippen LogP contribution in [0.1, 0.15) is 5.56 Å². The van der Waals surface area contributed by atoms with Crippen molar-refractivity contribution in [2.24, 2.45) is 0 Å². The van der Waals surface area contributed by atoms with E-state index >= 15 is 0 Å². The van der Waals surface area contributed by atoms with Gasteiger partial charge < -0.3 is 13.9 Å².